The van der Waals surface area contributed by atoms with E-state index in [9.17, 15) is 0 Å². The van der Waals surface area contributed by atoms with E-state index in [1.165, 1.54) is 0 Å². The molecule has 19 heavy (non-hydrogen) atoms. The smallest absolute Gasteiger partial charge is 0.229 e. The second-order valence-corrected chi connectivity index (χ2v) is 4.08. The number of nitrogens with zero attached hydrogens (tertiary/aromatic N) is 3. The minimum absolute atomic E-state index is 0.498. The Hall–Kier alpha value is -1.56. The third-order valence-corrected chi connectivity index (χ3v) is 2.93. The molecule has 0 spiro atoms. The van der Waals surface area contributed by atoms with E-state index < -0.39 is 0 Å². The molecule has 0 radical (unpaired) electrons. The zero-order valence-electron chi connectivity index (χ0n) is 12.3. The van der Waals surface area contributed by atoms with Crippen molar-refractivity contribution in [2.45, 2.75) is 20.3 Å². The van der Waals surface area contributed by atoms with E-state index in [1.54, 1.807) is 20.3 Å². The monoisotopic (exact) mass is 268 g/mol. The number of nitrogens with one attached hydrogen (secondary N) is 1. The van der Waals surface area contributed by atoms with Crippen LogP contribution in [0.5, 0.6) is 11.8 Å². The number of methoxy groups -OCH3 is 2. The molecule has 6 nitrogen and oxygen atoms in total. The Morgan fingerprint density at radius 3 is 2.16 bits per heavy atom. The molecular formula is C13H24N4O2. The summed E-state index contributed by atoms with van der Waals surface area (Å²) in [5.41, 5.74) is 0. The molecule has 1 rings (SSSR count). The van der Waals surface area contributed by atoms with Gasteiger partial charge >= 0.3 is 0 Å². The van der Waals surface area contributed by atoms with Crippen LogP contribution < -0.4 is 14.8 Å². The predicted molar refractivity (Wildman–Crippen MR) is 76.0 cm³/mol. The van der Waals surface area contributed by atoms with Crippen molar-refractivity contribution in [3.8, 4) is 11.8 Å². The molecule has 0 atom stereocenters. The van der Waals surface area contributed by atoms with Crippen LogP contribution in [0.4, 0.5) is 5.95 Å². The first-order chi connectivity index (χ1) is 9.23. The maximum atomic E-state index is 5.10. The van der Waals surface area contributed by atoms with Crippen LogP contribution in [-0.2, 0) is 0 Å². The zero-order chi connectivity index (χ0) is 14.1. The number of anilines is 1. The first-order valence-corrected chi connectivity index (χ1v) is 6.66. The average Bonchev–Trinajstić information content (AvgIpc) is 2.47. The summed E-state index contributed by atoms with van der Waals surface area (Å²) in [6, 6.07) is 1.65. The van der Waals surface area contributed by atoms with Crippen LogP contribution in [0.25, 0.3) is 0 Å². The Kier molecular flexibility index (Phi) is 6.95. The fourth-order valence-corrected chi connectivity index (χ4v) is 1.73. The minimum Gasteiger partial charge on any atom is -0.481 e. The lowest BCUT2D eigenvalue weighted by atomic mass is 10.3. The van der Waals surface area contributed by atoms with Crippen LogP contribution in [-0.4, -0.2) is 55.3 Å². The van der Waals surface area contributed by atoms with Gasteiger partial charge in [-0.05, 0) is 26.1 Å². The molecule has 0 aliphatic rings. The summed E-state index contributed by atoms with van der Waals surface area (Å²) < 4.78 is 10.2. The van der Waals surface area contributed by atoms with E-state index >= 15 is 0 Å². The molecule has 0 aromatic carbocycles. The van der Waals surface area contributed by atoms with Gasteiger partial charge in [0, 0.05) is 6.54 Å². The van der Waals surface area contributed by atoms with Crippen LogP contribution in [0.3, 0.4) is 0 Å². The first-order valence-electron chi connectivity index (χ1n) is 6.66. The second-order valence-electron chi connectivity index (χ2n) is 4.08. The lowest BCUT2D eigenvalue weighted by Gasteiger charge is -2.17. The van der Waals surface area contributed by atoms with Crippen LogP contribution >= 0.6 is 0 Å². The molecule has 6 heteroatoms. The van der Waals surface area contributed by atoms with Gasteiger partial charge in [0.15, 0.2) is 0 Å². The Labute approximate surface area is 115 Å². The van der Waals surface area contributed by atoms with Crippen LogP contribution in [0.15, 0.2) is 6.07 Å². The average molecular weight is 268 g/mol. The molecule has 0 unspecified atom stereocenters. The highest BCUT2D eigenvalue weighted by Crippen LogP contribution is 2.17. The van der Waals surface area contributed by atoms with Crippen molar-refractivity contribution in [3.63, 3.8) is 0 Å². The largest absolute Gasteiger partial charge is 0.481 e. The van der Waals surface area contributed by atoms with E-state index in [0.29, 0.717) is 17.7 Å². The summed E-state index contributed by atoms with van der Waals surface area (Å²) in [7, 11) is 3.15. The highest BCUT2D eigenvalue weighted by Gasteiger charge is 2.05. The van der Waals surface area contributed by atoms with Crippen LogP contribution in [0, 0.1) is 0 Å². The van der Waals surface area contributed by atoms with E-state index in [0.717, 1.165) is 32.6 Å². The van der Waals surface area contributed by atoms with Crippen molar-refractivity contribution in [1.29, 1.82) is 0 Å². The molecule has 1 N–H and O–H groups in total. The summed E-state index contributed by atoms with van der Waals surface area (Å²) in [5, 5.41) is 3.19. The predicted octanol–water partition coefficient (Wildman–Crippen LogP) is 1.64. The Balaban J connectivity index is 2.44. The van der Waals surface area contributed by atoms with Crippen molar-refractivity contribution in [2.24, 2.45) is 0 Å². The van der Waals surface area contributed by atoms with Crippen molar-refractivity contribution >= 4 is 5.95 Å². The van der Waals surface area contributed by atoms with Gasteiger partial charge in [-0.25, -0.2) is 0 Å². The molecule has 0 saturated carbocycles. The van der Waals surface area contributed by atoms with Gasteiger partial charge in [0.2, 0.25) is 17.7 Å². The van der Waals surface area contributed by atoms with Crippen LogP contribution in [0.1, 0.15) is 20.3 Å². The third-order valence-electron chi connectivity index (χ3n) is 2.93. The van der Waals surface area contributed by atoms with E-state index in [1.807, 2.05) is 0 Å². The Morgan fingerprint density at radius 2 is 1.68 bits per heavy atom. The molecule has 0 aliphatic heterocycles. The highest BCUT2D eigenvalue weighted by atomic mass is 16.5. The maximum Gasteiger partial charge on any atom is 0.229 e. The van der Waals surface area contributed by atoms with Crippen molar-refractivity contribution in [1.82, 2.24) is 14.9 Å². The zero-order valence-corrected chi connectivity index (χ0v) is 12.3. The highest BCUT2D eigenvalue weighted by molar-refractivity contribution is 5.33. The van der Waals surface area contributed by atoms with Crippen molar-refractivity contribution in [3.05, 3.63) is 6.07 Å². The Bertz CT molecular complexity index is 347. The molecular weight excluding hydrogens is 244 g/mol. The molecule has 0 bridgehead atoms. The van der Waals surface area contributed by atoms with Crippen molar-refractivity contribution < 1.29 is 9.47 Å². The maximum absolute atomic E-state index is 5.10. The molecule has 0 amide bonds. The van der Waals surface area contributed by atoms with E-state index in [4.69, 9.17) is 9.47 Å². The first kappa shape index (κ1) is 15.5. The minimum atomic E-state index is 0.498. The molecule has 1 aromatic rings. The van der Waals surface area contributed by atoms with Gasteiger partial charge in [-0.2, -0.15) is 9.97 Å². The summed E-state index contributed by atoms with van der Waals surface area (Å²) >= 11 is 0. The topological polar surface area (TPSA) is 59.5 Å². The molecule has 0 aliphatic carbocycles. The molecule has 1 heterocycles. The summed E-state index contributed by atoms with van der Waals surface area (Å²) in [5.74, 6) is 1.53. The fourth-order valence-electron chi connectivity index (χ4n) is 1.73. The van der Waals surface area contributed by atoms with E-state index in [-0.39, 0.29) is 0 Å². The van der Waals surface area contributed by atoms with Gasteiger partial charge in [-0.1, -0.05) is 13.8 Å². The van der Waals surface area contributed by atoms with E-state index in [2.05, 4.69) is 34.0 Å². The summed E-state index contributed by atoms with van der Waals surface area (Å²) in [6.07, 6.45) is 1.05. The number of rotatable bonds is 9. The number of ether oxygens (including phenoxy) is 2. The van der Waals surface area contributed by atoms with Crippen LogP contribution in [0.2, 0.25) is 0 Å². The third kappa shape index (κ3) is 5.30. The van der Waals surface area contributed by atoms with Gasteiger partial charge in [-0.15, -0.1) is 0 Å². The van der Waals surface area contributed by atoms with Gasteiger partial charge in [-0.3, -0.25) is 0 Å². The SMILES string of the molecule is CCN(CC)CCCNc1nc(OC)cc(OC)n1. The van der Waals surface area contributed by atoms with Gasteiger partial charge in [0.05, 0.1) is 20.3 Å². The molecule has 108 valence electrons. The summed E-state index contributed by atoms with van der Waals surface area (Å²) in [6.45, 7) is 8.41. The van der Waals surface area contributed by atoms with Gasteiger partial charge in [0.1, 0.15) is 0 Å². The lowest BCUT2D eigenvalue weighted by Crippen LogP contribution is -2.25. The summed E-state index contributed by atoms with van der Waals surface area (Å²) in [4.78, 5) is 10.8. The standard InChI is InChI=1S/C13H24N4O2/c1-5-17(6-2)9-7-8-14-13-15-11(18-3)10-12(16-13)19-4/h10H,5-9H2,1-4H3,(H,14,15,16). The normalized spacial score (nSPS) is 10.6. The number of hydrogen-bond acceptors (Lipinski definition) is 6. The lowest BCUT2D eigenvalue weighted by molar-refractivity contribution is 0.303. The second kappa shape index (κ2) is 8.53. The molecule has 0 saturated heterocycles. The van der Waals surface area contributed by atoms with Gasteiger partial charge < -0.3 is 19.7 Å². The fraction of sp³-hybridized carbons (Fsp3) is 0.692. The number of hydrogen-bond donors (Lipinski definition) is 1. The quantitative estimate of drug-likeness (QED) is 0.687. The molecule has 1 aromatic heterocycles. The van der Waals surface area contributed by atoms with Gasteiger partial charge in [0.25, 0.3) is 0 Å². The molecule has 0 fully saturated rings. The number of aromatic nitrogens is 2. The van der Waals surface area contributed by atoms with Crippen molar-refractivity contribution in [2.75, 3.05) is 45.7 Å². The Morgan fingerprint density at radius 1 is 1.11 bits per heavy atom.